The number of nitrogens with one attached hydrogen (secondary N) is 2. The molecular weight excluding hydrogens is 435 g/mol. The van der Waals surface area contributed by atoms with Crippen molar-refractivity contribution in [3.05, 3.63) is 34.3 Å². The van der Waals surface area contributed by atoms with Crippen LogP contribution in [0.2, 0.25) is 0 Å². The molecular formula is C22H25FN4O4S. The van der Waals surface area contributed by atoms with Crippen LogP contribution in [-0.2, 0) is 42.3 Å². The van der Waals surface area contributed by atoms with Crippen LogP contribution in [-0.4, -0.2) is 30.8 Å². The molecule has 10 heteroatoms. The predicted octanol–water partition coefficient (Wildman–Crippen LogP) is 3.07. The standard InChI is InChI=1S/C22H25FN4O4S/c23-18-13-4-1-6-15(13)19(16-7-2-5-14(16)18)25-21(28)26-32(29,30)17-10-24-27-11-22(8-3-9-22)12-31-20(17)27/h10H,1-9,11-12H2,(H2,25,26,28). The Morgan fingerprint density at radius 3 is 2.34 bits per heavy atom. The highest BCUT2D eigenvalue weighted by Gasteiger charge is 2.43. The molecule has 3 aliphatic carbocycles. The molecule has 32 heavy (non-hydrogen) atoms. The highest BCUT2D eigenvalue weighted by Crippen LogP contribution is 2.46. The highest BCUT2D eigenvalue weighted by atomic mass is 32.2. The zero-order valence-electron chi connectivity index (χ0n) is 17.7. The smallest absolute Gasteiger partial charge is 0.333 e. The fraction of sp³-hybridized carbons (Fsp3) is 0.545. The van der Waals surface area contributed by atoms with E-state index in [1.165, 1.54) is 6.20 Å². The van der Waals surface area contributed by atoms with Crippen LogP contribution in [0.4, 0.5) is 14.9 Å². The summed E-state index contributed by atoms with van der Waals surface area (Å²) in [5.41, 5.74) is 3.55. The van der Waals surface area contributed by atoms with E-state index in [0.29, 0.717) is 55.6 Å². The van der Waals surface area contributed by atoms with Crippen LogP contribution < -0.4 is 14.8 Å². The first-order valence-electron chi connectivity index (χ1n) is 11.2. The van der Waals surface area contributed by atoms with Crippen molar-refractivity contribution in [2.45, 2.75) is 69.2 Å². The Morgan fingerprint density at radius 1 is 1.06 bits per heavy atom. The molecule has 0 atom stereocenters. The first-order chi connectivity index (χ1) is 15.4. The molecule has 0 saturated heterocycles. The van der Waals surface area contributed by atoms with Gasteiger partial charge in [0.15, 0.2) is 4.90 Å². The van der Waals surface area contributed by atoms with Crippen LogP contribution >= 0.6 is 0 Å². The number of amides is 2. The van der Waals surface area contributed by atoms with E-state index in [4.69, 9.17) is 4.74 Å². The van der Waals surface area contributed by atoms with Crippen LogP contribution in [0.15, 0.2) is 11.1 Å². The second-order valence-corrected chi connectivity index (χ2v) is 11.1. The number of hydrogen-bond acceptors (Lipinski definition) is 5. The van der Waals surface area contributed by atoms with E-state index >= 15 is 0 Å². The molecule has 6 rings (SSSR count). The molecule has 0 unspecified atom stereocenters. The van der Waals surface area contributed by atoms with Crippen molar-refractivity contribution in [1.29, 1.82) is 0 Å². The summed E-state index contributed by atoms with van der Waals surface area (Å²) < 4.78 is 50.2. The minimum Gasteiger partial charge on any atom is -0.476 e. The maximum atomic E-state index is 14.8. The Balaban J connectivity index is 1.25. The average Bonchev–Trinajstić information content (AvgIpc) is 3.48. The molecule has 0 radical (unpaired) electrons. The van der Waals surface area contributed by atoms with Crippen molar-refractivity contribution < 1.29 is 22.3 Å². The van der Waals surface area contributed by atoms with Gasteiger partial charge in [-0.15, -0.1) is 0 Å². The number of fused-ring (bicyclic) bond motifs is 3. The number of hydrogen-bond donors (Lipinski definition) is 2. The quantitative estimate of drug-likeness (QED) is 0.733. The third-order valence-corrected chi connectivity index (χ3v) is 8.81. The molecule has 1 fully saturated rings. The van der Waals surface area contributed by atoms with Crippen molar-refractivity contribution in [2.24, 2.45) is 5.41 Å². The van der Waals surface area contributed by atoms with Gasteiger partial charge in [0.2, 0.25) is 5.88 Å². The first kappa shape index (κ1) is 20.0. The average molecular weight is 461 g/mol. The number of benzene rings is 1. The predicted molar refractivity (Wildman–Crippen MR) is 114 cm³/mol. The lowest BCUT2D eigenvalue weighted by Crippen LogP contribution is -2.43. The van der Waals surface area contributed by atoms with Gasteiger partial charge >= 0.3 is 6.03 Å². The number of anilines is 1. The van der Waals surface area contributed by atoms with Crippen LogP contribution in [0.25, 0.3) is 0 Å². The maximum absolute atomic E-state index is 14.8. The zero-order chi connectivity index (χ0) is 22.1. The molecule has 2 heterocycles. The Labute approximate surface area is 185 Å². The number of ether oxygens (including phenoxy) is 1. The lowest BCUT2D eigenvalue weighted by Gasteiger charge is -2.44. The number of carbonyl (C=O) groups excluding carboxylic acids is 1. The van der Waals surface area contributed by atoms with E-state index in [-0.39, 0.29) is 22.0 Å². The molecule has 2 aromatic rings. The van der Waals surface area contributed by atoms with E-state index in [1.807, 2.05) is 0 Å². The molecule has 1 spiro atoms. The number of nitrogens with zero attached hydrogens (tertiary/aromatic N) is 2. The first-order valence-corrected chi connectivity index (χ1v) is 12.7. The Kier molecular flexibility index (Phi) is 4.34. The molecule has 1 aromatic carbocycles. The Hall–Kier alpha value is -2.62. The fourth-order valence-electron chi connectivity index (χ4n) is 5.72. The van der Waals surface area contributed by atoms with Crippen LogP contribution in [0.5, 0.6) is 5.88 Å². The van der Waals surface area contributed by atoms with Gasteiger partial charge in [-0.05, 0) is 73.6 Å². The summed E-state index contributed by atoms with van der Waals surface area (Å²) in [5.74, 6) is 0.0304. The van der Waals surface area contributed by atoms with E-state index in [9.17, 15) is 17.6 Å². The van der Waals surface area contributed by atoms with Crippen LogP contribution in [0.3, 0.4) is 0 Å². The van der Waals surface area contributed by atoms with Crippen molar-refractivity contribution >= 4 is 21.7 Å². The van der Waals surface area contributed by atoms with Crippen molar-refractivity contribution in [3.63, 3.8) is 0 Å². The minimum atomic E-state index is -4.18. The van der Waals surface area contributed by atoms with E-state index in [2.05, 4.69) is 15.1 Å². The molecule has 4 aliphatic rings. The molecule has 0 bridgehead atoms. The Morgan fingerprint density at radius 2 is 1.72 bits per heavy atom. The lowest BCUT2D eigenvalue weighted by atomic mass is 9.69. The topological polar surface area (TPSA) is 102 Å². The maximum Gasteiger partial charge on any atom is 0.333 e. The molecule has 1 aliphatic heterocycles. The number of rotatable bonds is 3. The SMILES string of the molecule is O=C(Nc1c2c(c(F)c3c1CCC3)CCC2)NS(=O)(=O)c1cnn2c1OCC1(CCC1)C2. The summed E-state index contributed by atoms with van der Waals surface area (Å²) >= 11 is 0. The summed E-state index contributed by atoms with van der Waals surface area (Å²) in [7, 11) is -4.18. The lowest BCUT2D eigenvalue weighted by molar-refractivity contribution is 0.0000874. The number of carbonyl (C=O) groups is 1. The number of urea groups is 1. The van der Waals surface area contributed by atoms with Gasteiger partial charge in [-0.2, -0.15) is 5.10 Å². The third kappa shape index (κ3) is 2.95. The second kappa shape index (κ2) is 6.94. The number of sulfonamides is 1. The summed E-state index contributed by atoms with van der Waals surface area (Å²) in [5, 5.41) is 6.93. The summed E-state index contributed by atoms with van der Waals surface area (Å²) in [6.45, 7) is 1.08. The van der Waals surface area contributed by atoms with Gasteiger partial charge < -0.3 is 10.1 Å². The fourth-order valence-corrected chi connectivity index (χ4v) is 6.70. The molecule has 1 aromatic heterocycles. The molecule has 8 nitrogen and oxygen atoms in total. The second-order valence-electron chi connectivity index (χ2n) is 9.48. The van der Waals surface area contributed by atoms with Gasteiger partial charge in [-0.3, -0.25) is 0 Å². The van der Waals surface area contributed by atoms with Crippen LogP contribution in [0, 0.1) is 11.2 Å². The van der Waals surface area contributed by atoms with Gasteiger partial charge in [0.25, 0.3) is 10.0 Å². The number of aromatic nitrogens is 2. The van der Waals surface area contributed by atoms with Crippen LogP contribution in [0.1, 0.15) is 54.4 Å². The molecule has 2 N–H and O–H groups in total. The summed E-state index contributed by atoms with van der Waals surface area (Å²) in [6, 6.07) is -0.856. The van der Waals surface area contributed by atoms with E-state index < -0.39 is 16.1 Å². The largest absolute Gasteiger partial charge is 0.476 e. The third-order valence-electron chi connectivity index (χ3n) is 7.50. The van der Waals surface area contributed by atoms with Gasteiger partial charge in [0, 0.05) is 11.1 Å². The van der Waals surface area contributed by atoms with Gasteiger partial charge in [0.05, 0.1) is 19.3 Å². The summed E-state index contributed by atoms with van der Waals surface area (Å²) in [4.78, 5) is 12.6. The van der Waals surface area contributed by atoms with Gasteiger partial charge in [-0.25, -0.2) is 27.0 Å². The minimum absolute atomic E-state index is 0.0498. The van der Waals surface area contributed by atoms with E-state index in [0.717, 1.165) is 43.2 Å². The van der Waals surface area contributed by atoms with Crippen molar-refractivity contribution in [2.75, 3.05) is 11.9 Å². The van der Waals surface area contributed by atoms with E-state index in [1.54, 1.807) is 4.68 Å². The molecule has 2 amide bonds. The molecule has 1 saturated carbocycles. The van der Waals surface area contributed by atoms with Gasteiger partial charge in [-0.1, -0.05) is 6.42 Å². The summed E-state index contributed by atoms with van der Waals surface area (Å²) in [6.07, 6.45) is 8.75. The molecule has 170 valence electrons. The Bertz CT molecular complexity index is 1210. The van der Waals surface area contributed by atoms with Gasteiger partial charge in [0.1, 0.15) is 5.82 Å². The highest BCUT2D eigenvalue weighted by molar-refractivity contribution is 7.90. The monoisotopic (exact) mass is 460 g/mol. The zero-order valence-corrected chi connectivity index (χ0v) is 18.5. The normalized spacial score (nSPS) is 20.2. The number of halogens is 1. The van der Waals surface area contributed by atoms with Crippen molar-refractivity contribution in [3.8, 4) is 5.88 Å². The van der Waals surface area contributed by atoms with Crippen molar-refractivity contribution in [1.82, 2.24) is 14.5 Å².